The fourth-order valence-electron chi connectivity index (χ4n) is 0.808. The van der Waals surface area contributed by atoms with Gasteiger partial charge in [-0.1, -0.05) is 24.8 Å². The summed E-state index contributed by atoms with van der Waals surface area (Å²) in [6, 6.07) is 0. The molecule has 0 saturated carbocycles. The Morgan fingerprint density at radius 2 is 2.00 bits per heavy atom. The maximum atomic E-state index is 5.06. The molecule has 0 radical (unpaired) electrons. The second kappa shape index (κ2) is 6.90. The van der Waals surface area contributed by atoms with E-state index in [1.165, 1.54) is 0 Å². The minimum atomic E-state index is -0.325. The summed E-state index contributed by atoms with van der Waals surface area (Å²) in [5.74, 6) is 5.95. The SMILES string of the molecule is CC=C(C#CCC)C(OC)OC. The predicted octanol–water partition coefficient (Wildman–Crippen LogP) is 1.96. The van der Waals surface area contributed by atoms with Crippen LogP contribution in [-0.4, -0.2) is 20.5 Å². The van der Waals surface area contributed by atoms with Gasteiger partial charge in [-0.2, -0.15) is 0 Å². The maximum absolute atomic E-state index is 5.06. The van der Waals surface area contributed by atoms with Gasteiger partial charge in [-0.25, -0.2) is 0 Å². The molecule has 68 valence electrons. The summed E-state index contributed by atoms with van der Waals surface area (Å²) in [6.07, 6.45) is 2.42. The van der Waals surface area contributed by atoms with Crippen molar-refractivity contribution in [3.8, 4) is 11.8 Å². The van der Waals surface area contributed by atoms with E-state index in [1.54, 1.807) is 14.2 Å². The lowest BCUT2D eigenvalue weighted by molar-refractivity contribution is -0.0718. The van der Waals surface area contributed by atoms with E-state index in [0.29, 0.717) is 0 Å². The number of hydrogen-bond donors (Lipinski definition) is 0. The molecule has 0 spiro atoms. The van der Waals surface area contributed by atoms with Crippen molar-refractivity contribution in [3.05, 3.63) is 11.6 Å². The molecule has 0 aromatic heterocycles. The standard InChI is InChI=1S/C10H16O2/c1-5-7-8-9(6-2)10(11-3)12-4/h6,10H,5H2,1-4H3. The quantitative estimate of drug-likeness (QED) is 0.474. The van der Waals surface area contributed by atoms with Crippen LogP contribution in [0.15, 0.2) is 11.6 Å². The molecule has 0 aromatic rings. The van der Waals surface area contributed by atoms with E-state index < -0.39 is 0 Å². The van der Waals surface area contributed by atoms with Gasteiger partial charge in [0.15, 0.2) is 6.29 Å². The van der Waals surface area contributed by atoms with Crippen molar-refractivity contribution < 1.29 is 9.47 Å². The largest absolute Gasteiger partial charge is 0.351 e. The summed E-state index contributed by atoms with van der Waals surface area (Å²) >= 11 is 0. The average Bonchev–Trinajstić information content (AvgIpc) is 2.12. The van der Waals surface area contributed by atoms with Gasteiger partial charge in [-0.05, 0) is 6.92 Å². The molecule has 2 nitrogen and oxygen atoms in total. The van der Waals surface area contributed by atoms with Gasteiger partial charge in [0.25, 0.3) is 0 Å². The van der Waals surface area contributed by atoms with E-state index in [0.717, 1.165) is 12.0 Å². The molecule has 0 saturated heterocycles. The second-order valence-corrected chi connectivity index (χ2v) is 2.20. The van der Waals surface area contributed by atoms with Gasteiger partial charge in [0, 0.05) is 20.6 Å². The lowest BCUT2D eigenvalue weighted by Crippen LogP contribution is -2.14. The molecule has 0 N–H and O–H groups in total. The van der Waals surface area contributed by atoms with Gasteiger partial charge in [0.2, 0.25) is 0 Å². The van der Waals surface area contributed by atoms with Gasteiger partial charge >= 0.3 is 0 Å². The zero-order chi connectivity index (χ0) is 9.40. The first-order valence-corrected chi connectivity index (χ1v) is 4.00. The zero-order valence-corrected chi connectivity index (χ0v) is 8.18. The summed E-state index contributed by atoms with van der Waals surface area (Å²) in [7, 11) is 3.20. The number of rotatable bonds is 3. The molecule has 12 heavy (non-hydrogen) atoms. The highest BCUT2D eigenvalue weighted by atomic mass is 16.7. The van der Waals surface area contributed by atoms with Crippen LogP contribution in [0.1, 0.15) is 20.3 Å². The van der Waals surface area contributed by atoms with Crippen molar-refractivity contribution in [3.63, 3.8) is 0 Å². The summed E-state index contributed by atoms with van der Waals surface area (Å²) in [5, 5.41) is 0. The van der Waals surface area contributed by atoms with Crippen molar-refractivity contribution >= 4 is 0 Å². The summed E-state index contributed by atoms with van der Waals surface area (Å²) < 4.78 is 10.1. The molecule has 0 aliphatic heterocycles. The van der Waals surface area contributed by atoms with Gasteiger partial charge in [-0.3, -0.25) is 0 Å². The Morgan fingerprint density at radius 1 is 1.42 bits per heavy atom. The van der Waals surface area contributed by atoms with E-state index in [-0.39, 0.29) is 6.29 Å². The molecular weight excluding hydrogens is 152 g/mol. The molecule has 0 aliphatic carbocycles. The number of methoxy groups -OCH3 is 2. The Morgan fingerprint density at radius 3 is 2.33 bits per heavy atom. The number of ether oxygens (including phenoxy) is 2. The lowest BCUT2D eigenvalue weighted by atomic mass is 10.2. The van der Waals surface area contributed by atoms with E-state index in [9.17, 15) is 0 Å². The first-order valence-electron chi connectivity index (χ1n) is 4.00. The Kier molecular flexibility index (Phi) is 6.45. The van der Waals surface area contributed by atoms with Crippen LogP contribution in [0.5, 0.6) is 0 Å². The number of hydrogen-bond acceptors (Lipinski definition) is 2. The lowest BCUT2D eigenvalue weighted by Gasteiger charge is -2.12. The van der Waals surface area contributed by atoms with E-state index >= 15 is 0 Å². The molecule has 0 fully saturated rings. The van der Waals surface area contributed by atoms with Crippen molar-refractivity contribution in [2.24, 2.45) is 0 Å². The Balaban J connectivity index is 4.33. The Bertz CT molecular complexity index is 192. The molecule has 0 aromatic carbocycles. The zero-order valence-electron chi connectivity index (χ0n) is 8.18. The average molecular weight is 168 g/mol. The highest BCUT2D eigenvalue weighted by Gasteiger charge is 2.07. The van der Waals surface area contributed by atoms with E-state index in [4.69, 9.17) is 9.47 Å². The van der Waals surface area contributed by atoms with Crippen molar-refractivity contribution in [2.45, 2.75) is 26.6 Å². The van der Waals surface area contributed by atoms with Crippen LogP contribution in [0.3, 0.4) is 0 Å². The highest BCUT2D eigenvalue weighted by molar-refractivity contribution is 5.30. The molecule has 0 amide bonds. The molecule has 0 bridgehead atoms. The molecular formula is C10H16O2. The summed E-state index contributed by atoms with van der Waals surface area (Å²) in [5.41, 5.74) is 0.877. The Labute approximate surface area is 74.6 Å². The molecule has 0 unspecified atom stereocenters. The van der Waals surface area contributed by atoms with E-state index in [1.807, 2.05) is 19.9 Å². The normalized spacial score (nSPS) is 11.2. The van der Waals surface area contributed by atoms with Gasteiger partial charge in [0.1, 0.15) is 0 Å². The van der Waals surface area contributed by atoms with Crippen LogP contribution in [-0.2, 0) is 9.47 Å². The second-order valence-electron chi connectivity index (χ2n) is 2.20. The maximum Gasteiger partial charge on any atom is 0.190 e. The van der Waals surface area contributed by atoms with E-state index in [2.05, 4.69) is 11.8 Å². The molecule has 2 heteroatoms. The fourth-order valence-corrected chi connectivity index (χ4v) is 0.808. The Hall–Kier alpha value is -0.780. The summed E-state index contributed by atoms with van der Waals surface area (Å²) in [4.78, 5) is 0. The van der Waals surface area contributed by atoms with Crippen molar-refractivity contribution in [1.82, 2.24) is 0 Å². The van der Waals surface area contributed by atoms with Gasteiger partial charge in [-0.15, -0.1) is 0 Å². The smallest absolute Gasteiger partial charge is 0.190 e. The minimum Gasteiger partial charge on any atom is -0.351 e. The third kappa shape index (κ3) is 3.56. The van der Waals surface area contributed by atoms with Crippen LogP contribution in [0, 0.1) is 11.8 Å². The molecule has 0 heterocycles. The van der Waals surface area contributed by atoms with Crippen LogP contribution in [0.2, 0.25) is 0 Å². The van der Waals surface area contributed by atoms with Crippen LogP contribution in [0.4, 0.5) is 0 Å². The minimum absolute atomic E-state index is 0.325. The third-order valence-electron chi connectivity index (χ3n) is 1.40. The number of allylic oxidation sites excluding steroid dienone is 1. The molecule has 0 rings (SSSR count). The van der Waals surface area contributed by atoms with Crippen LogP contribution < -0.4 is 0 Å². The summed E-state index contributed by atoms with van der Waals surface area (Å²) in [6.45, 7) is 3.93. The first kappa shape index (κ1) is 11.2. The third-order valence-corrected chi connectivity index (χ3v) is 1.40. The van der Waals surface area contributed by atoms with Crippen LogP contribution >= 0.6 is 0 Å². The molecule has 0 aliphatic rings. The van der Waals surface area contributed by atoms with Crippen molar-refractivity contribution in [2.75, 3.05) is 14.2 Å². The van der Waals surface area contributed by atoms with Crippen molar-refractivity contribution in [1.29, 1.82) is 0 Å². The van der Waals surface area contributed by atoms with Gasteiger partial charge in [0.05, 0.1) is 5.57 Å². The first-order chi connectivity index (χ1) is 5.79. The van der Waals surface area contributed by atoms with Gasteiger partial charge < -0.3 is 9.47 Å². The predicted molar refractivity (Wildman–Crippen MR) is 49.6 cm³/mol. The highest BCUT2D eigenvalue weighted by Crippen LogP contribution is 2.05. The monoisotopic (exact) mass is 168 g/mol. The fraction of sp³-hybridized carbons (Fsp3) is 0.600. The topological polar surface area (TPSA) is 18.5 Å². The molecule has 0 atom stereocenters. The van der Waals surface area contributed by atoms with Crippen LogP contribution in [0.25, 0.3) is 0 Å².